The highest BCUT2D eigenvalue weighted by Crippen LogP contribution is 2.33. The molecule has 1 aliphatic heterocycles. The van der Waals surface area contributed by atoms with E-state index in [1.165, 1.54) is 0 Å². The summed E-state index contributed by atoms with van der Waals surface area (Å²) in [6, 6.07) is 7.47. The van der Waals surface area contributed by atoms with E-state index in [1.54, 1.807) is 12.3 Å². The molecule has 0 spiro atoms. The zero-order chi connectivity index (χ0) is 20.5. The molecule has 2 aromatic heterocycles. The highest BCUT2D eigenvalue weighted by atomic mass is 16.5. The van der Waals surface area contributed by atoms with Crippen molar-refractivity contribution in [1.29, 1.82) is 0 Å². The third-order valence-corrected chi connectivity index (χ3v) is 4.92. The average Bonchev–Trinajstić information content (AvgIpc) is 2.98. The number of fused-ring (bicyclic) bond motifs is 2. The summed E-state index contributed by atoms with van der Waals surface area (Å²) >= 11 is 0. The second-order valence-corrected chi connectivity index (χ2v) is 7.84. The van der Waals surface area contributed by atoms with E-state index >= 15 is 0 Å². The predicted molar refractivity (Wildman–Crippen MR) is 112 cm³/mol. The molecular weight excluding hydrogens is 368 g/mol. The van der Waals surface area contributed by atoms with E-state index in [4.69, 9.17) is 14.5 Å². The Balaban J connectivity index is 1.70. The highest BCUT2D eigenvalue weighted by molar-refractivity contribution is 6.12. The summed E-state index contributed by atoms with van der Waals surface area (Å²) in [4.78, 5) is 17.9. The molecule has 152 valence electrons. The second kappa shape index (κ2) is 7.73. The van der Waals surface area contributed by atoms with E-state index in [0.717, 1.165) is 23.1 Å². The molecule has 1 aliphatic rings. The van der Waals surface area contributed by atoms with Crippen LogP contribution in [-0.4, -0.2) is 33.9 Å². The fourth-order valence-corrected chi connectivity index (χ4v) is 3.34. The quantitative estimate of drug-likeness (QED) is 0.702. The van der Waals surface area contributed by atoms with Crippen molar-refractivity contribution in [3.63, 3.8) is 0 Å². The van der Waals surface area contributed by atoms with Gasteiger partial charge >= 0.3 is 0 Å². The van der Waals surface area contributed by atoms with Crippen LogP contribution >= 0.6 is 0 Å². The Hall–Kier alpha value is -3.09. The molecule has 1 N–H and O–H groups in total. The predicted octanol–water partition coefficient (Wildman–Crippen LogP) is 4.55. The van der Waals surface area contributed by atoms with Crippen LogP contribution in [0, 0.1) is 0 Å². The fraction of sp³-hybridized carbons (Fsp3) is 0.409. The number of rotatable bonds is 4. The van der Waals surface area contributed by atoms with Gasteiger partial charge in [-0.05, 0) is 38.0 Å². The monoisotopic (exact) mass is 394 g/mol. The Morgan fingerprint density at radius 2 is 1.86 bits per heavy atom. The van der Waals surface area contributed by atoms with Crippen molar-refractivity contribution in [2.45, 2.75) is 46.1 Å². The van der Waals surface area contributed by atoms with Crippen LogP contribution in [0.5, 0.6) is 11.5 Å². The normalized spacial score (nSPS) is 13.7. The number of anilines is 1. The molecule has 4 rings (SSSR count). The van der Waals surface area contributed by atoms with E-state index in [1.807, 2.05) is 36.7 Å². The van der Waals surface area contributed by atoms with Gasteiger partial charge in [-0.3, -0.25) is 4.79 Å². The van der Waals surface area contributed by atoms with Crippen LogP contribution in [0.1, 0.15) is 62.1 Å². The summed E-state index contributed by atoms with van der Waals surface area (Å²) in [6.07, 6.45) is 2.55. The van der Waals surface area contributed by atoms with Crippen molar-refractivity contribution in [2.75, 3.05) is 18.5 Å². The SMILES string of the molecule is CC(C)c1cc(C(=O)Nc2ccc3c(c2)OCCCO3)c2cnn(C(C)C)c2n1. The Kier molecular flexibility index (Phi) is 5.13. The molecule has 7 nitrogen and oxygen atoms in total. The van der Waals surface area contributed by atoms with Crippen molar-refractivity contribution in [1.82, 2.24) is 14.8 Å². The maximum atomic E-state index is 13.2. The summed E-state index contributed by atoms with van der Waals surface area (Å²) in [5, 5.41) is 8.18. The van der Waals surface area contributed by atoms with Crippen molar-refractivity contribution < 1.29 is 14.3 Å². The van der Waals surface area contributed by atoms with Gasteiger partial charge in [-0.15, -0.1) is 0 Å². The maximum Gasteiger partial charge on any atom is 0.256 e. The minimum Gasteiger partial charge on any atom is -0.490 e. The molecule has 7 heteroatoms. The molecule has 1 amide bonds. The standard InChI is InChI=1S/C22H26N4O3/c1-13(2)18-11-16(17-12-23-26(14(3)4)21(17)25-18)22(27)24-15-6-7-19-20(10-15)29-9-5-8-28-19/h6-7,10-14H,5,8-9H2,1-4H3,(H,24,27). The largest absolute Gasteiger partial charge is 0.490 e. The smallest absolute Gasteiger partial charge is 0.256 e. The first-order valence-electron chi connectivity index (χ1n) is 10.0. The summed E-state index contributed by atoms with van der Waals surface area (Å²) in [5.41, 5.74) is 2.82. The zero-order valence-electron chi connectivity index (χ0n) is 17.2. The van der Waals surface area contributed by atoms with Gasteiger partial charge in [0.1, 0.15) is 0 Å². The van der Waals surface area contributed by atoms with Crippen LogP contribution in [0.2, 0.25) is 0 Å². The Bertz CT molecular complexity index is 1060. The van der Waals surface area contributed by atoms with Gasteiger partial charge in [0.05, 0.1) is 30.4 Å². The van der Waals surface area contributed by atoms with Crippen molar-refractivity contribution in [3.8, 4) is 11.5 Å². The molecule has 0 fully saturated rings. The van der Waals surface area contributed by atoms with Crippen LogP contribution in [0.4, 0.5) is 5.69 Å². The molecular formula is C22H26N4O3. The van der Waals surface area contributed by atoms with Gasteiger partial charge in [-0.1, -0.05) is 13.8 Å². The molecule has 0 saturated carbocycles. The Morgan fingerprint density at radius 3 is 2.59 bits per heavy atom. The lowest BCUT2D eigenvalue weighted by atomic mass is 10.0. The number of nitrogens with zero attached hydrogens (tertiary/aromatic N) is 3. The maximum absolute atomic E-state index is 13.2. The summed E-state index contributed by atoms with van der Waals surface area (Å²) in [7, 11) is 0. The van der Waals surface area contributed by atoms with Crippen LogP contribution in [0.3, 0.4) is 0 Å². The second-order valence-electron chi connectivity index (χ2n) is 7.84. The van der Waals surface area contributed by atoms with E-state index in [-0.39, 0.29) is 17.9 Å². The lowest BCUT2D eigenvalue weighted by molar-refractivity contribution is 0.102. The molecule has 0 saturated heterocycles. The van der Waals surface area contributed by atoms with Crippen LogP contribution < -0.4 is 14.8 Å². The Morgan fingerprint density at radius 1 is 1.10 bits per heavy atom. The number of carbonyl (C=O) groups is 1. The van der Waals surface area contributed by atoms with Gasteiger partial charge in [0.2, 0.25) is 0 Å². The zero-order valence-corrected chi connectivity index (χ0v) is 17.2. The lowest BCUT2D eigenvalue weighted by Gasteiger charge is -2.13. The molecule has 0 unspecified atom stereocenters. The molecule has 0 aliphatic carbocycles. The van der Waals surface area contributed by atoms with Gasteiger partial charge in [0.15, 0.2) is 17.1 Å². The summed E-state index contributed by atoms with van der Waals surface area (Å²) < 4.78 is 13.2. The number of aromatic nitrogens is 3. The number of carbonyl (C=O) groups excluding carboxylic acids is 1. The van der Waals surface area contributed by atoms with E-state index < -0.39 is 0 Å². The summed E-state index contributed by atoms with van der Waals surface area (Å²) in [5.74, 6) is 1.35. The van der Waals surface area contributed by atoms with Crippen LogP contribution in [-0.2, 0) is 0 Å². The van der Waals surface area contributed by atoms with Gasteiger partial charge in [0.25, 0.3) is 5.91 Å². The molecule has 0 atom stereocenters. The third-order valence-electron chi connectivity index (χ3n) is 4.92. The molecule has 3 aromatic rings. The molecule has 29 heavy (non-hydrogen) atoms. The van der Waals surface area contributed by atoms with E-state index in [2.05, 4.69) is 24.3 Å². The van der Waals surface area contributed by atoms with Crippen molar-refractivity contribution in [3.05, 3.63) is 41.7 Å². The lowest BCUT2D eigenvalue weighted by Crippen LogP contribution is -2.14. The van der Waals surface area contributed by atoms with Gasteiger partial charge in [-0.25, -0.2) is 9.67 Å². The Labute approximate surface area is 170 Å². The van der Waals surface area contributed by atoms with E-state index in [9.17, 15) is 4.79 Å². The molecule has 1 aromatic carbocycles. The molecule has 3 heterocycles. The number of hydrogen-bond acceptors (Lipinski definition) is 5. The van der Waals surface area contributed by atoms with Gasteiger partial charge in [0, 0.05) is 29.9 Å². The van der Waals surface area contributed by atoms with Gasteiger partial charge in [-0.2, -0.15) is 5.10 Å². The number of pyridine rings is 1. The first-order chi connectivity index (χ1) is 13.9. The summed E-state index contributed by atoms with van der Waals surface area (Å²) in [6.45, 7) is 9.46. The molecule has 0 bridgehead atoms. The fourth-order valence-electron chi connectivity index (χ4n) is 3.34. The number of nitrogens with one attached hydrogen (secondary N) is 1. The first kappa shape index (κ1) is 19.2. The number of ether oxygens (including phenoxy) is 2. The number of amides is 1. The van der Waals surface area contributed by atoms with E-state index in [0.29, 0.717) is 36.0 Å². The number of hydrogen-bond donors (Lipinski definition) is 1. The highest BCUT2D eigenvalue weighted by Gasteiger charge is 2.20. The first-order valence-corrected chi connectivity index (χ1v) is 10.0. The minimum atomic E-state index is -0.197. The van der Waals surface area contributed by atoms with Crippen molar-refractivity contribution in [2.24, 2.45) is 0 Å². The van der Waals surface area contributed by atoms with Crippen LogP contribution in [0.25, 0.3) is 11.0 Å². The average molecular weight is 394 g/mol. The topological polar surface area (TPSA) is 78.3 Å². The van der Waals surface area contributed by atoms with Gasteiger partial charge < -0.3 is 14.8 Å². The number of benzene rings is 1. The third kappa shape index (κ3) is 3.77. The van der Waals surface area contributed by atoms with Crippen molar-refractivity contribution >= 4 is 22.6 Å². The minimum absolute atomic E-state index is 0.153. The molecule has 0 radical (unpaired) electrons. The van der Waals surface area contributed by atoms with Crippen LogP contribution in [0.15, 0.2) is 30.5 Å².